The van der Waals surface area contributed by atoms with Crippen LogP contribution in [0.2, 0.25) is 0 Å². The Hall–Kier alpha value is -1.32. The van der Waals surface area contributed by atoms with Crippen molar-refractivity contribution in [1.29, 1.82) is 0 Å². The molecule has 1 N–H and O–H groups in total. The molecule has 0 aromatic carbocycles. The highest BCUT2D eigenvalue weighted by Gasteiger charge is 2.53. The largest absolute Gasteiger partial charge is 0.481 e. The van der Waals surface area contributed by atoms with Gasteiger partial charge in [-0.05, 0) is 60.7 Å². The molecule has 4 heteroatoms. The lowest BCUT2D eigenvalue weighted by atomic mass is 9.48. The number of hydrogen-bond donors (Lipinski definition) is 1. The Morgan fingerprint density at radius 2 is 2.00 bits per heavy atom. The predicted molar refractivity (Wildman–Crippen MR) is 98.1 cm³/mol. The number of ether oxygens (including phenoxy) is 1. The smallest absolute Gasteiger partial charge is 0.333 e. The van der Waals surface area contributed by atoms with Gasteiger partial charge >= 0.3 is 11.9 Å². The lowest BCUT2D eigenvalue weighted by Crippen LogP contribution is -2.49. The van der Waals surface area contributed by atoms with Crippen molar-refractivity contribution in [3.8, 4) is 0 Å². The van der Waals surface area contributed by atoms with Crippen LogP contribution in [-0.4, -0.2) is 24.2 Å². The molecule has 0 bridgehead atoms. The van der Waals surface area contributed by atoms with E-state index in [4.69, 9.17) is 9.84 Å². The number of methoxy groups -OCH3 is 1. The number of fused-ring (bicyclic) bond motifs is 1. The van der Waals surface area contributed by atoms with E-state index < -0.39 is 5.97 Å². The van der Waals surface area contributed by atoms with Gasteiger partial charge in [0.15, 0.2) is 0 Å². The summed E-state index contributed by atoms with van der Waals surface area (Å²) in [5.41, 5.74) is 1.18. The number of aliphatic carboxylic acids is 1. The Kier molecular flexibility index (Phi) is 6.01. The molecule has 0 aliphatic heterocycles. The Bertz CT molecular complexity index is 548. The van der Waals surface area contributed by atoms with E-state index >= 15 is 0 Å². The maximum Gasteiger partial charge on any atom is 0.333 e. The lowest BCUT2D eigenvalue weighted by molar-refractivity contribution is -0.140. The van der Waals surface area contributed by atoms with Gasteiger partial charge < -0.3 is 9.84 Å². The van der Waals surface area contributed by atoms with Crippen molar-refractivity contribution < 1.29 is 19.4 Å². The number of rotatable bonds is 6. The number of allylic oxidation sites excluding steroid dienone is 1. The van der Waals surface area contributed by atoms with E-state index in [1.807, 2.05) is 6.92 Å². The van der Waals surface area contributed by atoms with Crippen molar-refractivity contribution in [1.82, 2.24) is 0 Å². The van der Waals surface area contributed by atoms with Crippen molar-refractivity contribution in [2.24, 2.45) is 28.6 Å². The summed E-state index contributed by atoms with van der Waals surface area (Å²) in [5.74, 6) is -0.116. The van der Waals surface area contributed by atoms with Gasteiger partial charge in [0, 0.05) is 12.0 Å². The van der Waals surface area contributed by atoms with Gasteiger partial charge in [-0.25, -0.2) is 4.79 Å². The monoisotopic (exact) mass is 350 g/mol. The molecular weight excluding hydrogens is 316 g/mol. The minimum atomic E-state index is -0.747. The molecule has 1 fully saturated rings. The molecule has 4 atom stereocenters. The van der Waals surface area contributed by atoms with Gasteiger partial charge in [-0.2, -0.15) is 0 Å². The van der Waals surface area contributed by atoms with Crippen LogP contribution in [-0.2, 0) is 14.3 Å². The van der Waals surface area contributed by atoms with Crippen LogP contribution in [0.1, 0.15) is 72.6 Å². The van der Waals surface area contributed by atoms with Gasteiger partial charge in [0.25, 0.3) is 0 Å². The zero-order valence-corrected chi connectivity index (χ0v) is 16.4. The molecule has 25 heavy (non-hydrogen) atoms. The van der Waals surface area contributed by atoms with Crippen molar-refractivity contribution in [2.45, 2.75) is 72.6 Å². The average molecular weight is 350 g/mol. The van der Waals surface area contributed by atoms with E-state index in [2.05, 4.69) is 26.8 Å². The van der Waals surface area contributed by atoms with E-state index in [1.54, 1.807) is 0 Å². The summed E-state index contributed by atoms with van der Waals surface area (Å²) in [6.07, 6.45) is 8.48. The SMILES string of the molecule is COC(=O)C1=CC[C@H]2C(C)(C)CCC[C@]2(C)[C@H]1CC[C@H](C)CC(=O)O. The third kappa shape index (κ3) is 4.09. The fourth-order valence-electron chi connectivity index (χ4n) is 5.59. The zero-order chi connectivity index (χ0) is 18.8. The van der Waals surface area contributed by atoms with Gasteiger partial charge in [0.05, 0.1) is 7.11 Å². The fourth-order valence-corrected chi connectivity index (χ4v) is 5.59. The van der Waals surface area contributed by atoms with Crippen LogP contribution in [0.3, 0.4) is 0 Å². The lowest BCUT2D eigenvalue weighted by Gasteiger charge is -2.56. The molecule has 0 amide bonds. The zero-order valence-electron chi connectivity index (χ0n) is 16.4. The van der Waals surface area contributed by atoms with Crippen LogP contribution in [0.5, 0.6) is 0 Å². The van der Waals surface area contributed by atoms with E-state index in [-0.39, 0.29) is 35.1 Å². The van der Waals surface area contributed by atoms with Crippen LogP contribution in [0.15, 0.2) is 11.6 Å². The van der Waals surface area contributed by atoms with Crippen molar-refractivity contribution in [3.05, 3.63) is 11.6 Å². The van der Waals surface area contributed by atoms with Crippen LogP contribution < -0.4 is 0 Å². The molecule has 0 aromatic heterocycles. The number of carbonyl (C=O) groups excluding carboxylic acids is 1. The minimum absolute atomic E-state index is 0.0863. The number of carboxylic acid groups (broad SMARTS) is 1. The van der Waals surface area contributed by atoms with Gasteiger partial charge in [0.2, 0.25) is 0 Å². The van der Waals surface area contributed by atoms with Crippen molar-refractivity contribution in [2.75, 3.05) is 7.11 Å². The van der Waals surface area contributed by atoms with Crippen LogP contribution >= 0.6 is 0 Å². The molecule has 0 saturated heterocycles. The minimum Gasteiger partial charge on any atom is -0.481 e. The number of esters is 1. The molecule has 142 valence electrons. The fraction of sp³-hybridized carbons (Fsp3) is 0.810. The summed E-state index contributed by atoms with van der Waals surface area (Å²) < 4.78 is 5.07. The normalized spacial score (nSPS) is 32.3. The first kappa shape index (κ1) is 20.0. The van der Waals surface area contributed by atoms with Crippen LogP contribution in [0, 0.1) is 28.6 Å². The molecule has 2 aliphatic rings. The molecule has 0 heterocycles. The van der Waals surface area contributed by atoms with E-state index in [1.165, 1.54) is 20.0 Å². The van der Waals surface area contributed by atoms with Gasteiger partial charge in [0.1, 0.15) is 0 Å². The standard InChI is InChI=1S/C21H34O4/c1-14(13-18(22)23)7-9-16-15(19(24)25-5)8-10-17-20(2,3)11-6-12-21(16,17)4/h8,14,16-17H,6-7,9-13H2,1-5H3,(H,22,23)/t14-,16-,17-,21+/m0/s1. The van der Waals surface area contributed by atoms with E-state index in [0.29, 0.717) is 5.92 Å². The third-order valence-corrected chi connectivity index (χ3v) is 6.91. The summed E-state index contributed by atoms with van der Waals surface area (Å²) in [5, 5.41) is 9.02. The first-order chi connectivity index (χ1) is 11.6. The number of hydrogen-bond acceptors (Lipinski definition) is 3. The quantitative estimate of drug-likeness (QED) is 0.697. The van der Waals surface area contributed by atoms with Gasteiger partial charge in [-0.1, -0.05) is 40.2 Å². The second-order valence-corrected chi connectivity index (χ2v) is 9.12. The van der Waals surface area contributed by atoms with Crippen LogP contribution in [0.25, 0.3) is 0 Å². The molecule has 2 rings (SSSR count). The van der Waals surface area contributed by atoms with Crippen LogP contribution in [0.4, 0.5) is 0 Å². The molecule has 1 saturated carbocycles. The molecule has 4 nitrogen and oxygen atoms in total. The predicted octanol–water partition coefficient (Wildman–Crippen LogP) is 4.83. The maximum absolute atomic E-state index is 12.4. The summed E-state index contributed by atoms with van der Waals surface area (Å²) in [6, 6.07) is 0. The average Bonchev–Trinajstić information content (AvgIpc) is 2.50. The first-order valence-corrected chi connectivity index (χ1v) is 9.62. The van der Waals surface area contributed by atoms with E-state index in [0.717, 1.165) is 31.3 Å². The molecule has 0 spiro atoms. The van der Waals surface area contributed by atoms with E-state index in [9.17, 15) is 9.59 Å². The van der Waals surface area contributed by atoms with Gasteiger partial charge in [-0.3, -0.25) is 4.79 Å². The molecule has 0 aromatic rings. The van der Waals surface area contributed by atoms with Gasteiger partial charge in [-0.15, -0.1) is 0 Å². The summed E-state index contributed by atoms with van der Waals surface area (Å²) in [6.45, 7) is 9.05. The molecule has 2 aliphatic carbocycles. The second kappa shape index (κ2) is 7.51. The Morgan fingerprint density at radius 1 is 1.32 bits per heavy atom. The molecular formula is C21H34O4. The Labute approximate surface area is 152 Å². The third-order valence-electron chi connectivity index (χ3n) is 6.91. The number of carbonyl (C=O) groups is 2. The topological polar surface area (TPSA) is 63.6 Å². The highest BCUT2D eigenvalue weighted by molar-refractivity contribution is 5.89. The Balaban J connectivity index is 2.28. The molecule has 0 unspecified atom stereocenters. The molecule has 0 radical (unpaired) electrons. The summed E-state index contributed by atoms with van der Waals surface area (Å²) in [7, 11) is 1.45. The highest BCUT2D eigenvalue weighted by atomic mass is 16.5. The van der Waals surface area contributed by atoms with Crippen molar-refractivity contribution in [3.63, 3.8) is 0 Å². The maximum atomic E-state index is 12.4. The Morgan fingerprint density at radius 3 is 2.60 bits per heavy atom. The summed E-state index contributed by atoms with van der Waals surface area (Å²) >= 11 is 0. The summed E-state index contributed by atoms with van der Waals surface area (Å²) in [4.78, 5) is 23.4. The number of carboxylic acids is 1. The van der Waals surface area contributed by atoms with Crippen molar-refractivity contribution >= 4 is 11.9 Å². The first-order valence-electron chi connectivity index (χ1n) is 9.62. The second-order valence-electron chi connectivity index (χ2n) is 9.12. The highest BCUT2D eigenvalue weighted by Crippen LogP contribution is 2.60.